The summed E-state index contributed by atoms with van der Waals surface area (Å²) in [6.45, 7) is 6.11. The summed E-state index contributed by atoms with van der Waals surface area (Å²) < 4.78 is 0. The standard InChI is InChI=1S/C22H25N3O/c1-4-17-6-10-19(11-7-17)16(3)25-22(26)20(14-23)15-24-21-12-8-18(5-2)9-13-21/h6-13,15-16,24H,4-5H2,1-3H3,(H,25,26)/b20-15-. The van der Waals surface area contributed by atoms with Gasteiger partial charge in [0.1, 0.15) is 11.6 Å². The number of aryl methyl sites for hydroxylation is 2. The molecule has 0 saturated heterocycles. The second-order valence-electron chi connectivity index (χ2n) is 6.15. The number of amides is 1. The van der Waals surface area contributed by atoms with E-state index >= 15 is 0 Å². The first-order valence-corrected chi connectivity index (χ1v) is 8.92. The van der Waals surface area contributed by atoms with Crippen LogP contribution < -0.4 is 10.6 Å². The Morgan fingerprint density at radius 3 is 2.08 bits per heavy atom. The van der Waals surface area contributed by atoms with Crippen LogP contribution in [0.2, 0.25) is 0 Å². The third-order valence-corrected chi connectivity index (χ3v) is 4.35. The molecule has 1 atom stereocenters. The first kappa shape index (κ1) is 19.3. The van der Waals surface area contributed by atoms with Gasteiger partial charge in [0.2, 0.25) is 0 Å². The summed E-state index contributed by atoms with van der Waals surface area (Å²) in [6, 6.07) is 17.8. The molecule has 0 spiro atoms. The summed E-state index contributed by atoms with van der Waals surface area (Å²) in [4.78, 5) is 12.4. The summed E-state index contributed by atoms with van der Waals surface area (Å²) in [7, 11) is 0. The molecule has 0 bridgehead atoms. The van der Waals surface area contributed by atoms with Crippen LogP contribution >= 0.6 is 0 Å². The highest BCUT2D eigenvalue weighted by molar-refractivity contribution is 5.97. The lowest BCUT2D eigenvalue weighted by molar-refractivity contribution is -0.117. The van der Waals surface area contributed by atoms with E-state index in [1.165, 1.54) is 17.3 Å². The van der Waals surface area contributed by atoms with Crippen LogP contribution in [0.15, 0.2) is 60.3 Å². The molecule has 0 aliphatic heterocycles. The number of benzene rings is 2. The van der Waals surface area contributed by atoms with Gasteiger partial charge in [0, 0.05) is 11.9 Å². The Hall–Kier alpha value is -3.06. The predicted octanol–water partition coefficient (Wildman–Crippen LogP) is 4.51. The monoisotopic (exact) mass is 347 g/mol. The SMILES string of the molecule is CCc1ccc(N/C=C(/C#N)C(=O)NC(C)c2ccc(CC)cc2)cc1. The second kappa shape index (κ2) is 9.43. The van der Waals surface area contributed by atoms with Crippen LogP contribution in [-0.2, 0) is 17.6 Å². The molecule has 0 radical (unpaired) electrons. The maximum atomic E-state index is 12.4. The van der Waals surface area contributed by atoms with Crippen molar-refractivity contribution in [2.75, 3.05) is 5.32 Å². The van der Waals surface area contributed by atoms with Crippen LogP contribution in [-0.4, -0.2) is 5.91 Å². The summed E-state index contributed by atoms with van der Waals surface area (Å²) in [5, 5.41) is 15.2. The number of carbonyl (C=O) groups is 1. The summed E-state index contributed by atoms with van der Waals surface area (Å²) in [6.07, 6.45) is 3.40. The van der Waals surface area contributed by atoms with Crippen molar-refractivity contribution in [2.45, 2.75) is 39.7 Å². The maximum Gasteiger partial charge on any atom is 0.263 e. The Balaban J connectivity index is 2.01. The molecular weight excluding hydrogens is 322 g/mol. The van der Waals surface area contributed by atoms with Gasteiger partial charge in [0.15, 0.2) is 0 Å². The van der Waals surface area contributed by atoms with Crippen molar-refractivity contribution >= 4 is 11.6 Å². The largest absolute Gasteiger partial charge is 0.360 e. The molecule has 4 heteroatoms. The van der Waals surface area contributed by atoms with Crippen LogP contribution in [0.1, 0.15) is 43.5 Å². The van der Waals surface area contributed by atoms with Crippen molar-refractivity contribution in [2.24, 2.45) is 0 Å². The van der Waals surface area contributed by atoms with E-state index in [0.29, 0.717) is 0 Å². The first-order chi connectivity index (χ1) is 12.6. The minimum atomic E-state index is -0.391. The highest BCUT2D eigenvalue weighted by Crippen LogP contribution is 2.15. The second-order valence-corrected chi connectivity index (χ2v) is 6.15. The molecule has 0 saturated carbocycles. The molecule has 26 heavy (non-hydrogen) atoms. The van der Waals surface area contributed by atoms with Crippen LogP contribution in [0.5, 0.6) is 0 Å². The fraction of sp³-hybridized carbons (Fsp3) is 0.273. The molecule has 0 heterocycles. The van der Waals surface area contributed by atoms with E-state index in [4.69, 9.17) is 0 Å². The highest BCUT2D eigenvalue weighted by Gasteiger charge is 2.13. The molecule has 2 aromatic rings. The lowest BCUT2D eigenvalue weighted by atomic mass is 10.0. The van der Waals surface area contributed by atoms with Crippen molar-refractivity contribution in [3.8, 4) is 6.07 Å². The quantitative estimate of drug-likeness (QED) is 0.572. The van der Waals surface area contributed by atoms with E-state index in [1.807, 2.05) is 49.4 Å². The molecule has 4 nitrogen and oxygen atoms in total. The van der Waals surface area contributed by atoms with E-state index in [2.05, 4.69) is 36.6 Å². The molecule has 0 aromatic heterocycles. The zero-order valence-corrected chi connectivity index (χ0v) is 15.5. The van der Waals surface area contributed by atoms with Crippen molar-refractivity contribution in [1.82, 2.24) is 5.32 Å². The minimum Gasteiger partial charge on any atom is -0.360 e. The van der Waals surface area contributed by atoms with E-state index in [9.17, 15) is 10.1 Å². The van der Waals surface area contributed by atoms with Crippen LogP contribution in [0.3, 0.4) is 0 Å². The Morgan fingerprint density at radius 2 is 1.58 bits per heavy atom. The number of nitrogens with one attached hydrogen (secondary N) is 2. The smallest absolute Gasteiger partial charge is 0.263 e. The van der Waals surface area contributed by atoms with Gasteiger partial charge in [0.25, 0.3) is 5.91 Å². The Morgan fingerprint density at radius 1 is 1.04 bits per heavy atom. The zero-order chi connectivity index (χ0) is 18.9. The fourth-order valence-electron chi connectivity index (χ4n) is 2.54. The zero-order valence-electron chi connectivity index (χ0n) is 15.5. The Bertz CT molecular complexity index is 799. The molecule has 2 aromatic carbocycles. The lowest BCUT2D eigenvalue weighted by Crippen LogP contribution is -2.28. The fourth-order valence-corrected chi connectivity index (χ4v) is 2.54. The van der Waals surface area contributed by atoms with E-state index in [1.54, 1.807) is 0 Å². The van der Waals surface area contributed by atoms with E-state index in [0.717, 1.165) is 24.1 Å². The van der Waals surface area contributed by atoms with Gasteiger partial charge in [-0.25, -0.2) is 0 Å². The average Bonchev–Trinajstić information content (AvgIpc) is 2.69. The van der Waals surface area contributed by atoms with Gasteiger partial charge < -0.3 is 10.6 Å². The highest BCUT2D eigenvalue weighted by atomic mass is 16.1. The van der Waals surface area contributed by atoms with Crippen molar-refractivity contribution in [3.05, 3.63) is 77.0 Å². The molecule has 0 aliphatic rings. The van der Waals surface area contributed by atoms with Crippen molar-refractivity contribution < 1.29 is 4.79 Å². The summed E-state index contributed by atoms with van der Waals surface area (Å²) >= 11 is 0. The number of nitrogens with zero attached hydrogens (tertiary/aromatic N) is 1. The Kier molecular flexibility index (Phi) is 6.99. The number of rotatable bonds is 7. The molecular formula is C22H25N3O. The Labute approximate surface area is 155 Å². The third kappa shape index (κ3) is 5.22. The van der Waals surface area contributed by atoms with Crippen molar-refractivity contribution in [3.63, 3.8) is 0 Å². The number of anilines is 1. The number of hydrogen-bond donors (Lipinski definition) is 2. The van der Waals surface area contributed by atoms with Gasteiger partial charge in [0.05, 0.1) is 6.04 Å². The van der Waals surface area contributed by atoms with Gasteiger partial charge in [-0.3, -0.25) is 4.79 Å². The molecule has 0 aliphatic carbocycles. The third-order valence-electron chi connectivity index (χ3n) is 4.35. The molecule has 1 amide bonds. The van der Waals surface area contributed by atoms with Gasteiger partial charge >= 0.3 is 0 Å². The predicted molar refractivity (Wildman–Crippen MR) is 106 cm³/mol. The number of carbonyl (C=O) groups excluding carboxylic acids is 1. The number of nitriles is 1. The van der Waals surface area contributed by atoms with Crippen LogP contribution in [0, 0.1) is 11.3 Å². The topological polar surface area (TPSA) is 64.9 Å². The van der Waals surface area contributed by atoms with Gasteiger partial charge in [-0.05, 0) is 48.6 Å². The minimum absolute atomic E-state index is 0.0431. The molecule has 0 fully saturated rings. The molecule has 1 unspecified atom stereocenters. The number of hydrogen-bond acceptors (Lipinski definition) is 3. The molecule has 134 valence electrons. The summed E-state index contributed by atoms with van der Waals surface area (Å²) in [5.74, 6) is -0.391. The molecule has 2 rings (SSSR count). The summed E-state index contributed by atoms with van der Waals surface area (Å²) in [5.41, 5.74) is 4.38. The average molecular weight is 347 g/mol. The maximum absolute atomic E-state index is 12.4. The first-order valence-electron chi connectivity index (χ1n) is 8.92. The van der Waals surface area contributed by atoms with Crippen LogP contribution in [0.25, 0.3) is 0 Å². The van der Waals surface area contributed by atoms with Crippen molar-refractivity contribution in [1.29, 1.82) is 5.26 Å². The molecule has 2 N–H and O–H groups in total. The van der Waals surface area contributed by atoms with Gasteiger partial charge in [-0.2, -0.15) is 5.26 Å². The van der Waals surface area contributed by atoms with Gasteiger partial charge in [-0.1, -0.05) is 50.2 Å². The lowest BCUT2D eigenvalue weighted by Gasteiger charge is -2.14. The van der Waals surface area contributed by atoms with Gasteiger partial charge in [-0.15, -0.1) is 0 Å². The normalized spacial score (nSPS) is 12.2. The van der Waals surface area contributed by atoms with E-state index < -0.39 is 5.91 Å². The van der Waals surface area contributed by atoms with Crippen LogP contribution in [0.4, 0.5) is 5.69 Å². The van der Waals surface area contributed by atoms with E-state index in [-0.39, 0.29) is 11.6 Å².